The summed E-state index contributed by atoms with van der Waals surface area (Å²) in [6.07, 6.45) is 5.94. The van der Waals surface area contributed by atoms with Gasteiger partial charge in [-0.3, -0.25) is 0 Å². The van der Waals surface area contributed by atoms with Gasteiger partial charge in [0.15, 0.2) is 0 Å². The Kier molecular flexibility index (Phi) is 2.91. The van der Waals surface area contributed by atoms with Crippen LogP contribution in [0.25, 0.3) is 0 Å². The molecule has 1 spiro atoms. The van der Waals surface area contributed by atoms with Crippen molar-refractivity contribution in [2.24, 2.45) is 0 Å². The quantitative estimate of drug-likeness (QED) is 0.786. The van der Waals surface area contributed by atoms with Crippen molar-refractivity contribution in [1.82, 2.24) is 0 Å². The zero-order valence-electron chi connectivity index (χ0n) is 10.0. The molecule has 1 aliphatic carbocycles. The molecule has 1 aliphatic heterocycles. The molecular weight excluding hydrogens is 280 g/mol. The summed E-state index contributed by atoms with van der Waals surface area (Å²) in [7, 11) is 1.81. The largest absolute Gasteiger partial charge is 0.487 e. The third-order valence-corrected chi connectivity index (χ3v) is 4.53. The Labute approximate surface area is 110 Å². The molecule has 0 saturated heterocycles. The number of hydrogen-bond donors (Lipinski definition) is 0. The van der Waals surface area contributed by atoms with Crippen molar-refractivity contribution in [3.8, 4) is 5.75 Å². The van der Waals surface area contributed by atoms with Crippen LogP contribution in [0.4, 0.5) is 0 Å². The molecular formula is C14H17BrO2. The van der Waals surface area contributed by atoms with E-state index >= 15 is 0 Å². The van der Waals surface area contributed by atoms with E-state index in [1.54, 1.807) is 0 Å². The molecule has 92 valence electrons. The zero-order chi connectivity index (χ0) is 11.9. The maximum absolute atomic E-state index is 6.21. The van der Waals surface area contributed by atoms with Crippen LogP contribution in [0.1, 0.15) is 31.2 Å². The second-order valence-corrected chi connectivity index (χ2v) is 6.06. The summed E-state index contributed by atoms with van der Waals surface area (Å²) in [5, 5.41) is 0. The van der Waals surface area contributed by atoms with Gasteiger partial charge in [-0.2, -0.15) is 0 Å². The summed E-state index contributed by atoms with van der Waals surface area (Å²) in [5.74, 6) is 1.07. The smallest absolute Gasteiger partial charge is 0.123 e. The number of methoxy groups -OCH3 is 1. The molecule has 0 bridgehead atoms. The van der Waals surface area contributed by atoms with E-state index in [1.165, 1.54) is 5.56 Å². The second kappa shape index (κ2) is 4.29. The molecule has 3 rings (SSSR count). The van der Waals surface area contributed by atoms with Crippen LogP contribution in [0.5, 0.6) is 5.75 Å². The number of benzene rings is 1. The molecule has 17 heavy (non-hydrogen) atoms. The molecule has 1 heterocycles. The summed E-state index contributed by atoms with van der Waals surface area (Å²) in [4.78, 5) is 0. The molecule has 0 radical (unpaired) electrons. The van der Waals surface area contributed by atoms with Gasteiger partial charge < -0.3 is 9.47 Å². The lowest BCUT2D eigenvalue weighted by molar-refractivity contribution is -0.0140. The maximum Gasteiger partial charge on any atom is 0.123 e. The normalized spacial score (nSPS) is 31.3. The van der Waals surface area contributed by atoms with Crippen molar-refractivity contribution in [2.75, 3.05) is 7.11 Å². The Hall–Kier alpha value is -0.540. The van der Waals surface area contributed by atoms with Gasteiger partial charge in [0.2, 0.25) is 0 Å². The monoisotopic (exact) mass is 296 g/mol. The van der Waals surface area contributed by atoms with Crippen molar-refractivity contribution < 1.29 is 9.47 Å². The fraction of sp³-hybridized carbons (Fsp3) is 0.571. The average molecular weight is 297 g/mol. The van der Waals surface area contributed by atoms with Crippen LogP contribution in [0.15, 0.2) is 22.7 Å². The minimum absolute atomic E-state index is 0.0537. The van der Waals surface area contributed by atoms with Gasteiger partial charge >= 0.3 is 0 Å². The summed E-state index contributed by atoms with van der Waals surface area (Å²) in [6.45, 7) is 0. The SMILES string of the molecule is COC1CCC2(CC1)Cc1cc(Br)ccc1O2. The third-order valence-electron chi connectivity index (χ3n) is 4.04. The average Bonchev–Trinajstić information content (AvgIpc) is 2.67. The van der Waals surface area contributed by atoms with Gasteiger partial charge in [-0.05, 0) is 49.4 Å². The van der Waals surface area contributed by atoms with Gasteiger partial charge in [0, 0.05) is 18.0 Å². The number of ether oxygens (including phenoxy) is 2. The Morgan fingerprint density at radius 1 is 1.35 bits per heavy atom. The topological polar surface area (TPSA) is 18.5 Å². The zero-order valence-corrected chi connectivity index (χ0v) is 11.6. The highest BCUT2D eigenvalue weighted by Gasteiger charge is 2.42. The Bertz CT molecular complexity index is 422. The standard InChI is InChI=1S/C14H17BrO2/c1-16-12-4-6-14(7-5-12)9-10-8-11(15)2-3-13(10)17-14/h2-3,8,12H,4-7,9H2,1H3. The van der Waals surface area contributed by atoms with Gasteiger partial charge in [-0.1, -0.05) is 15.9 Å². The Morgan fingerprint density at radius 3 is 2.82 bits per heavy atom. The lowest BCUT2D eigenvalue weighted by Gasteiger charge is -2.36. The summed E-state index contributed by atoms with van der Waals surface area (Å²) < 4.78 is 12.8. The van der Waals surface area contributed by atoms with E-state index in [4.69, 9.17) is 9.47 Å². The number of halogens is 1. The van der Waals surface area contributed by atoms with E-state index in [0.717, 1.165) is 42.3 Å². The van der Waals surface area contributed by atoms with Gasteiger partial charge in [0.1, 0.15) is 11.4 Å². The van der Waals surface area contributed by atoms with Crippen molar-refractivity contribution in [3.63, 3.8) is 0 Å². The molecule has 2 aliphatic rings. The van der Waals surface area contributed by atoms with Crippen molar-refractivity contribution in [3.05, 3.63) is 28.2 Å². The molecule has 0 atom stereocenters. The van der Waals surface area contributed by atoms with E-state index in [9.17, 15) is 0 Å². The van der Waals surface area contributed by atoms with E-state index in [2.05, 4.69) is 34.1 Å². The summed E-state index contributed by atoms with van der Waals surface area (Å²) >= 11 is 3.52. The van der Waals surface area contributed by atoms with Crippen molar-refractivity contribution in [1.29, 1.82) is 0 Å². The first-order chi connectivity index (χ1) is 8.21. The maximum atomic E-state index is 6.21. The predicted octanol–water partition coefficient (Wildman–Crippen LogP) is 3.71. The van der Waals surface area contributed by atoms with Crippen LogP contribution in [-0.2, 0) is 11.2 Å². The molecule has 0 amide bonds. The second-order valence-electron chi connectivity index (χ2n) is 5.15. The molecule has 2 nitrogen and oxygen atoms in total. The predicted molar refractivity (Wildman–Crippen MR) is 70.5 cm³/mol. The van der Waals surface area contributed by atoms with Crippen molar-refractivity contribution >= 4 is 15.9 Å². The van der Waals surface area contributed by atoms with Gasteiger partial charge in [-0.25, -0.2) is 0 Å². The highest BCUT2D eigenvalue weighted by molar-refractivity contribution is 9.10. The van der Waals surface area contributed by atoms with Gasteiger partial charge in [0.25, 0.3) is 0 Å². The fourth-order valence-corrected chi connectivity index (χ4v) is 3.44. The lowest BCUT2D eigenvalue weighted by Crippen LogP contribution is -2.40. The third kappa shape index (κ3) is 2.11. The first kappa shape index (κ1) is 11.5. The highest BCUT2D eigenvalue weighted by Crippen LogP contribution is 2.44. The molecule has 1 saturated carbocycles. The van der Waals surface area contributed by atoms with E-state index in [0.29, 0.717) is 6.10 Å². The molecule has 1 aromatic rings. The minimum Gasteiger partial charge on any atom is -0.487 e. The summed E-state index contributed by atoms with van der Waals surface area (Å²) in [6, 6.07) is 6.32. The van der Waals surface area contributed by atoms with Gasteiger partial charge in [-0.15, -0.1) is 0 Å². The number of hydrogen-bond acceptors (Lipinski definition) is 2. The van der Waals surface area contributed by atoms with Crippen LogP contribution in [-0.4, -0.2) is 18.8 Å². The lowest BCUT2D eigenvalue weighted by atomic mass is 9.80. The number of fused-ring (bicyclic) bond motifs is 1. The van der Waals surface area contributed by atoms with Crippen LogP contribution >= 0.6 is 15.9 Å². The van der Waals surface area contributed by atoms with Crippen LogP contribution in [0.2, 0.25) is 0 Å². The Balaban J connectivity index is 1.77. The molecule has 0 aromatic heterocycles. The van der Waals surface area contributed by atoms with E-state index in [-0.39, 0.29) is 5.60 Å². The van der Waals surface area contributed by atoms with E-state index in [1.807, 2.05) is 7.11 Å². The molecule has 0 N–H and O–H groups in total. The minimum atomic E-state index is 0.0537. The van der Waals surface area contributed by atoms with Crippen LogP contribution in [0.3, 0.4) is 0 Å². The fourth-order valence-electron chi connectivity index (χ4n) is 3.03. The van der Waals surface area contributed by atoms with Crippen LogP contribution in [0, 0.1) is 0 Å². The molecule has 1 fully saturated rings. The van der Waals surface area contributed by atoms with Crippen molar-refractivity contribution in [2.45, 2.75) is 43.8 Å². The molecule has 3 heteroatoms. The van der Waals surface area contributed by atoms with Gasteiger partial charge in [0.05, 0.1) is 6.10 Å². The Morgan fingerprint density at radius 2 is 2.12 bits per heavy atom. The number of rotatable bonds is 1. The first-order valence-corrected chi connectivity index (χ1v) is 7.00. The highest BCUT2D eigenvalue weighted by atomic mass is 79.9. The molecule has 0 unspecified atom stereocenters. The summed E-state index contributed by atoms with van der Waals surface area (Å²) in [5.41, 5.74) is 1.40. The van der Waals surface area contributed by atoms with E-state index < -0.39 is 0 Å². The van der Waals surface area contributed by atoms with Crippen LogP contribution < -0.4 is 4.74 Å². The molecule has 1 aromatic carbocycles. The first-order valence-electron chi connectivity index (χ1n) is 6.21.